The van der Waals surface area contributed by atoms with Gasteiger partial charge < -0.3 is 22.1 Å². The molecule has 3 aromatic carbocycles. The zero-order chi connectivity index (χ0) is 24.0. The molecule has 0 saturated carbocycles. The Balaban J connectivity index is 0.00000408. The summed E-state index contributed by atoms with van der Waals surface area (Å²) in [7, 11) is 3.21. The number of carbonyl (C=O) groups excluding carboxylic acids is 2. The molecule has 10 heteroatoms. The minimum absolute atomic E-state index is 0. The molecule has 0 aromatic heterocycles. The van der Waals surface area contributed by atoms with Gasteiger partial charge in [0.2, 0.25) is 0 Å². The van der Waals surface area contributed by atoms with Crippen LogP contribution < -0.4 is 22.1 Å². The minimum atomic E-state index is -0.400. The van der Waals surface area contributed by atoms with Gasteiger partial charge in [0.05, 0.1) is 10.6 Å². The first-order chi connectivity index (χ1) is 15.8. The van der Waals surface area contributed by atoms with Crippen LogP contribution in [0.1, 0.15) is 31.8 Å². The summed E-state index contributed by atoms with van der Waals surface area (Å²) in [6.07, 6.45) is 0. The topological polar surface area (TPSA) is 135 Å². The maximum Gasteiger partial charge on any atom is 0.257 e. The second-order valence-electron chi connectivity index (χ2n) is 6.98. The molecule has 0 fully saturated rings. The highest BCUT2D eigenvalue weighted by Crippen LogP contribution is 2.21. The first-order valence-electron chi connectivity index (χ1n) is 9.90. The number of halogens is 2. The molecule has 0 unspecified atom stereocenters. The lowest BCUT2D eigenvalue weighted by Crippen LogP contribution is -2.16. The summed E-state index contributed by atoms with van der Waals surface area (Å²) in [5.41, 5.74) is 14.8. The molecule has 0 aliphatic rings. The third-order valence-electron chi connectivity index (χ3n) is 4.83. The number of nitrogens with one attached hydrogen (secondary N) is 2. The van der Waals surface area contributed by atoms with Crippen LogP contribution in [0, 0.1) is 0 Å². The Labute approximate surface area is 208 Å². The van der Waals surface area contributed by atoms with E-state index in [2.05, 4.69) is 20.6 Å². The molecule has 3 aromatic rings. The zero-order valence-electron chi connectivity index (χ0n) is 18.5. The number of rotatable bonds is 6. The average Bonchev–Trinajstić information content (AvgIpc) is 2.83. The van der Waals surface area contributed by atoms with Crippen molar-refractivity contribution >= 4 is 58.9 Å². The van der Waals surface area contributed by atoms with Gasteiger partial charge in [-0.15, -0.1) is 12.4 Å². The average molecular weight is 499 g/mol. The van der Waals surface area contributed by atoms with Crippen molar-refractivity contribution < 1.29 is 9.59 Å². The highest BCUT2D eigenvalue weighted by molar-refractivity contribution is 6.35. The van der Waals surface area contributed by atoms with Crippen LogP contribution in [0.2, 0.25) is 5.02 Å². The fourth-order valence-electron chi connectivity index (χ4n) is 2.95. The first-order valence-corrected chi connectivity index (χ1v) is 10.3. The van der Waals surface area contributed by atoms with E-state index in [0.717, 1.165) is 11.1 Å². The van der Waals surface area contributed by atoms with E-state index in [-0.39, 0.29) is 28.9 Å². The van der Waals surface area contributed by atoms with Crippen LogP contribution in [0.25, 0.3) is 0 Å². The molecule has 3 rings (SSSR count). The van der Waals surface area contributed by atoms with Crippen LogP contribution in [0.4, 0.5) is 11.4 Å². The SMILES string of the molecule is CN=C(N)c1ccc(NC(=O)c2ccc(C(=O)Nc3ccc(C(N)=NC)cc3)c(Cl)c2)cc1.Cl. The number of nitrogens with zero attached hydrogens (tertiary/aromatic N) is 2. The van der Waals surface area contributed by atoms with Crippen molar-refractivity contribution in [3.63, 3.8) is 0 Å². The summed E-state index contributed by atoms with van der Waals surface area (Å²) in [6.45, 7) is 0. The van der Waals surface area contributed by atoms with E-state index in [4.69, 9.17) is 23.1 Å². The van der Waals surface area contributed by atoms with Crippen molar-refractivity contribution in [3.05, 3.63) is 94.0 Å². The Morgan fingerprint density at radius 1 is 0.706 bits per heavy atom. The quantitative estimate of drug-likeness (QED) is 0.302. The number of nitrogens with two attached hydrogens (primary N) is 2. The molecule has 0 atom stereocenters. The van der Waals surface area contributed by atoms with Gasteiger partial charge >= 0.3 is 0 Å². The van der Waals surface area contributed by atoms with Gasteiger partial charge in [-0.1, -0.05) is 11.6 Å². The molecule has 0 saturated heterocycles. The van der Waals surface area contributed by atoms with Gasteiger partial charge in [0.25, 0.3) is 11.8 Å². The number of amidine groups is 2. The van der Waals surface area contributed by atoms with Gasteiger partial charge in [0, 0.05) is 42.2 Å². The van der Waals surface area contributed by atoms with Gasteiger partial charge in [0.1, 0.15) is 11.7 Å². The monoisotopic (exact) mass is 498 g/mol. The Kier molecular flexibility index (Phi) is 9.18. The lowest BCUT2D eigenvalue weighted by Gasteiger charge is -2.10. The Morgan fingerprint density at radius 2 is 1.12 bits per heavy atom. The predicted octanol–water partition coefficient (Wildman–Crippen LogP) is 3.94. The van der Waals surface area contributed by atoms with Crippen LogP contribution in [-0.2, 0) is 0 Å². The molecule has 0 heterocycles. The van der Waals surface area contributed by atoms with E-state index in [1.165, 1.54) is 18.2 Å². The smallest absolute Gasteiger partial charge is 0.257 e. The van der Waals surface area contributed by atoms with Gasteiger partial charge in [-0.3, -0.25) is 19.6 Å². The maximum absolute atomic E-state index is 12.6. The highest BCUT2D eigenvalue weighted by atomic mass is 35.5. The molecule has 0 aliphatic heterocycles. The normalized spacial score (nSPS) is 11.4. The first kappa shape index (κ1) is 26.4. The molecular formula is C24H24Cl2N6O2. The summed E-state index contributed by atoms with van der Waals surface area (Å²) in [5.74, 6) is 0.0465. The van der Waals surface area contributed by atoms with E-state index in [9.17, 15) is 9.59 Å². The van der Waals surface area contributed by atoms with Crippen LogP contribution in [0.5, 0.6) is 0 Å². The molecule has 0 bridgehead atoms. The Morgan fingerprint density at radius 3 is 1.53 bits per heavy atom. The third-order valence-corrected chi connectivity index (χ3v) is 5.15. The largest absolute Gasteiger partial charge is 0.384 e. The molecule has 8 nitrogen and oxygen atoms in total. The molecule has 6 N–H and O–H groups in total. The van der Waals surface area contributed by atoms with E-state index in [1.807, 2.05) is 0 Å². The van der Waals surface area contributed by atoms with Gasteiger partial charge in [-0.25, -0.2) is 0 Å². The lowest BCUT2D eigenvalue weighted by atomic mass is 10.1. The summed E-state index contributed by atoms with van der Waals surface area (Å²) < 4.78 is 0. The second kappa shape index (κ2) is 11.8. The van der Waals surface area contributed by atoms with Crippen LogP contribution in [0.15, 0.2) is 76.7 Å². The molecule has 176 valence electrons. The molecule has 2 amide bonds. The second-order valence-corrected chi connectivity index (χ2v) is 7.38. The van der Waals surface area contributed by atoms with Gasteiger partial charge in [-0.05, 0) is 66.7 Å². The molecule has 34 heavy (non-hydrogen) atoms. The van der Waals surface area contributed by atoms with Crippen molar-refractivity contribution in [2.75, 3.05) is 24.7 Å². The molecule has 0 radical (unpaired) electrons. The molecular weight excluding hydrogens is 475 g/mol. The van der Waals surface area contributed by atoms with Crippen molar-refractivity contribution in [2.45, 2.75) is 0 Å². The Hall–Kier alpha value is -3.88. The lowest BCUT2D eigenvalue weighted by molar-refractivity contribution is 0.101. The molecule has 0 aliphatic carbocycles. The van der Waals surface area contributed by atoms with Gasteiger partial charge in [-0.2, -0.15) is 0 Å². The predicted molar refractivity (Wildman–Crippen MR) is 141 cm³/mol. The summed E-state index contributed by atoms with van der Waals surface area (Å²) in [5, 5.41) is 5.70. The van der Waals surface area contributed by atoms with E-state index in [1.54, 1.807) is 62.6 Å². The fraction of sp³-hybridized carbons (Fsp3) is 0.0833. The molecule has 0 spiro atoms. The van der Waals surface area contributed by atoms with Crippen LogP contribution >= 0.6 is 24.0 Å². The fourth-order valence-corrected chi connectivity index (χ4v) is 3.22. The standard InChI is InChI=1S/C24H23ClN6O2.ClH/c1-28-21(26)14-3-8-17(9-4-14)30-23(32)16-7-12-19(20(25)13-16)24(33)31-18-10-5-15(6-11-18)22(27)29-2;/h3-13H,1-2H3,(H2,26,28)(H2,27,29)(H,30,32)(H,31,33);1H. The maximum atomic E-state index is 12.6. The summed E-state index contributed by atoms with van der Waals surface area (Å²) in [6, 6.07) is 18.4. The number of hydrogen-bond donors (Lipinski definition) is 4. The summed E-state index contributed by atoms with van der Waals surface area (Å²) in [4.78, 5) is 33.1. The Bertz CT molecular complexity index is 1240. The summed E-state index contributed by atoms with van der Waals surface area (Å²) >= 11 is 6.29. The number of carbonyl (C=O) groups is 2. The van der Waals surface area contributed by atoms with E-state index >= 15 is 0 Å². The van der Waals surface area contributed by atoms with Crippen molar-refractivity contribution in [3.8, 4) is 0 Å². The number of aliphatic imine (C=N–C) groups is 2. The highest BCUT2D eigenvalue weighted by Gasteiger charge is 2.14. The van der Waals surface area contributed by atoms with Crippen molar-refractivity contribution in [1.29, 1.82) is 0 Å². The number of benzene rings is 3. The van der Waals surface area contributed by atoms with Crippen LogP contribution in [0.3, 0.4) is 0 Å². The van der Waals surface area contributed by atoms with Gasteiger partial charge in [0.15, 0.2) is 0 Å². The minimum Gasteiger partial charge on any atom is -0.384 e. The third kappa shape index (κ3) is 6.34. The number of amides is 2. The number of anilines is 2. The van der Waals surface area contributed by atoms with Crippen molar-refractivity contribution in [2.24, 2.45) is 21.5 Å². The van der Waals surface area contributed by atoms with Crippen molar-refractivity contribution in [1.82, 2.24) is 0 Å². The van der Waals surface area contributed by atoms with E-state index < -0.39 is 5.91 Å². The zero-order valence-corrected chi connectivity index (χ0v) is 20.1. The van der Waals surface area contributed by atoms with E-state index in [0.29, 0.717) is 28.6 Å². The van der Waals surface area contributed by atoms with Crippen LogP contribution in [-0.4, -0.2) is 37.6 Å². The number of hydrogen-bond acceptors (Lipinski definition) is 4.